The minimum Gasteiger partial charge on any atom is -0.478 e. The number of amides is 3. The number of ether oxygens (including phenoxy) is 1. The van der Waals surface area contributed by atoms with Gasteiger partial charge in [-0.2, -0.15) is 0 Å². The van der Waals surface area contributed by atoms with Gasteiger partial charge in [0.2, 0.25) is 5.91 Å². The van der Waals surface area contributed by atoms with E-state index in [-0.39, 0.29) is 30.0 Å². The number of aliphatic carboxylic acids is 1. The molecule has 0 spiro atoms. The summed E-state index contributed by atoms with van der Waals surface area (Å²) in [6.45, 7) is 9.01. The van der Waals surface area contributed by atoms with E-state index in [9.17, 15) is 19.5 Å². The highest BCUT2D eigenvalue weighted by Gasteiger charge is 2.38. The van der Waals surface area contributed by atoms with Gasteiger partial charge in [0.05, 0.1) is 24.3 Å². The van der Waals surface area contributed by atoms with E-state index in [4.69, 9.17) is 4.74 Å². The number of carboxylic acid groups (broad SMARTS) is 1. The Balaban J connectivity index is 3.11. The first-order valence-corrected chi connectivity index (χ1v) is 9.11. The van der Waals surface area contributed by atoms with Crippen molar-refractivity contribution in [2.75, 3.05) is 0 Å². The molecule has 1 aliphatic rings. The second-order valence-electron chi connectivity index (χ2n) is 6.85. The Bertz CT molecular complexity index is 543. The average Bonchev–Trinajstić information content (AvgIpc) is 2.53. The predicted octanol–water partition coefficient (Wildman–Crippen LogP) is 1.56. The van der Waals surface area contributed by atoms with Crippen LogP contribution in [0.25, 0.3) is 0 Å². The molecule has 0 unspecified atom stereocenters. The van der Waals surface area contributed by atoms with Crippen LogP contribution in [-0.2, 0) is 14.3 Å². The van der Waals surface area contributed by atoms with Crippen LogP contribution in [0.2, 0.25) is 0 Å². The fourth-order valence-electron chi connectivity index (χ4n) is 2.98. The summed E-state index contributed by atoms with van der Waals surface area (Å²) in [6.07, 6.45) is 2.48. The summed E-state index contributed by atoms with van der Waals surface area (Å²) < 4.78 is 6.05. The molecule has 0 aliphatic heterocycles. The van der Waals surface area contributed by atoms with Crippen molar-refractivity contribution in [2.24, 2.45) is 0 Å². The topological polar surface area (TPSA) is 117 Å². The summed E-state index contributed by atoms with van der Waals surface area (Å²) in [6, 6.07) is -1.61. The highest BCUT2D eigenvalue weighted by molar-refractivity contribution is 5.87. The smallest absolute Gasteiger partial charge is 0.331 e. The Hall–Kier alpha value is -2.09. The quantitative estimate of drug-likeness (QED) is 0.518. The summed E-state index contributed by atoms with van der Waals surface area (Å²) in [4.78, 5) is 35.3. The van der Waals surface area contributed by atoms with Gasteiger partial charge in [0.1, 0.15) is 0 Å². The maximum atomic E-state index is 12.1. The SMILES string of the molecule is CCC(CC)O[C@@H]1C=C(C(=O)O)C[C@H](NC(=O)NC(C)C)[C@H]1NC(C)=O. The lowest BCUT2D eigenvalue weighted by Crippen LogP contribution is -2.61. The van der Waals surface area contributed by atoms with Gasteiger partial charge in [-0.1, -0.05) is 13.8 Å². The first-order chi connectivity index (χ1) is 12.2. The number of carboxylic acids is 1. The zero-order valence-corrected chi connectivity index (χ0v) is 16.2. The minimum absolute atomic E-state index is 0.0641. The Morgan fingerprint density at radius 3 is 2.31 bits per heavy atom. The number of rotatable bonds is 8. The zero-order valence-electron chi connectivity index (χ0n) is 16.2. The molecule has 8 nitrogen and oxygen atoms in total. The van der Waals surface area contributed by atoms with Crippen molar-refractivity contribution in [1.82, 2.24) is 16.0 Å². The van der Waals surface area contributed by atoms with Gasteiger partial charge < -0.3 is 25.8 Å². The molecule has 148 valence electrons. The third-order valence-electron chi connectivity index (χ3n) is 4.23. The fraction of sp³-hybridized carbons (Fsp3) is 0.722. The molecule has 1 aliphatic carbocycles. The second-order valence-corrected chi connectivity index (χ2v) is 6.85. The van der Waals surface area contributed by atoms with Crippen LogP contribution in [0, 0.1) is 0 Å². The number of carbonyl (C=O) groups is 3. The van der Waals surface area contributed by atoms with Gasteiger partial charge >= 0.3 is 12.0 Å². The molecule has 26 heavy (non-hydrogen) atoms. The standard InChI is InChI=1S/C18H31N3O5/c1-6-13(7-2)26-15-9-12(17(23)24)8-14(16(15)20-11(5)22)21-18(25)19-10(3)4/h9-10,13-16H,6-8H2,1-5H3,(H,20,22)(H,23,24)(H2,19,21,25)/t14-,15+,16+/m0/s1. The van der Waals surface area contributed by atoms with Crippen LogP contribution in [0.15, 0.2) is 11.6 Å². The highest BCUT2D eigenvalue weighted by Crippen LogP contribution is 2.24. The Labute approximate surface area is 154 Å². The lowest BCUT2D eigenvalue weighted by atomic mass is 9.87. The maximum absolute atomic E-state index is 12.1. The van der Waals surface area contributed by atoms with Gasteiger partial charge in [-0.05, 0) is 32.8 Å². The van der Waals surface area contributed by atoms with Crippen LogP contribution in [0.3, 0.4) is 0 Å². The molecule has 3 amide bonds. The van der Waals surface area contributed by atoms with Crippen LogP contribution in [0.4, 0.5) is 4.79 Å². The van der Waals surface area contributed by atoms with Crippen molar-refractivity contribution in [3.8, 4) is 0 Å². The molecule has 0 heterocycles. The highest BCUT2D eigenvalue weighted by atomic mass is 16.5. The first-order valence-electron chi connectivity index (χ1n) is 9.11. The summed E-state index contributed by atoms with van der Waals surface area (Å²) in [7, 11) is 0. The first kappa shape index (κ1) is 22.0. The Morgan fingerprint density at radius 2 is 1.85 bits per heavy atom. The van der Waals surface area contributed by atoms with Crippen molar-refractivity contribution in [1.29, 1.82) is 0 Å². The van der Waals surface area contributed by atoms with Gasteiger partial charge in [-0.3, -0.25) is 4.79 Å². The van der Waals surface area contributed by atoms with Crippen molar-refractivity contribution in [3.05, 3.63) is 11.6 Å². The average molecular weight is 369 g/mol. The van der Waals surface area contributed by atoms with E-state index in [0.29, 0.717) is 0 Å². The van der Waals surface area contributed by atoms with E-state index >= 15 is 0 Å². The summed E-state index contributed by atoms with van der Waals surface area (Å²) in [5, 5.41) is 17.7. The molecule has 8 heteroatoms. The van der Waals surface area contributed by atoms with E-state index in [1.54, 1.807) is 6.08 Å². The normalized spacial score (nSPS) is 22.7. The van der Waals surface area contributed by atoms with E-state index in [1.165, 1.54) is 6.92 Å². The van der Waals surface area contributed by atoms with Crippen LogP contribution >= 0.6 is 0 Å². The molecule has 0 aromatic heterocycles. The van der Waals surface area contributed by atoms with Crippen molar-refractivity contribution in [2.45, 2.75) is 84.2 Å². The summed E-state index contributed by atoms with van der Waals surface area (Å²) >= 11 is 0. The molecule has 0 saturated heterocycles. The Morgan fingerprint density at radius 1 is 1.23 bits per heavy atom. The monoisotopic (exact) mass is 369 g/mol. The summed E-state index contributed by atoms with van der Waals surface area (Å²) in [5.41, 5.74) is 0.164. The second kappa shape index (κ2) is 10.2. The van der Waals surface area contributed by atoms with Gasteiger partial charge in [0.15, 0.2) is 0 Å². The van der Waals surface area contributed by atoms with Crippen LogP contribution < -0.4 is 16.0 Å². The number of urea groups is 1. The molecule has 1 rings (SSSR count). The third kappa shape index (κ3) is 6.67. The molecule has 0 radical (unpaired) electrons. The maximum Gasteiger partial charge on any atom is 0.331 e. The zero-order chi connectivity index (χ0) is 19.9. The van der Waals surface area contributed by atoms with Gasteiger partial charge in [0.25, 0.3) is 0 Å². The predicted molar refractivity (Wildman–Crippen MR) is 97.8 cm³/mol. The van der Waals surface area contributed by atoms with Gasteiger partial charge in [0, 0.05) is 25.0 Å². The van der Waals surface area contributed by atoms with E-state index in [2.05, 4.69) is 16.0 Å². The molecule has 3 atom stereocenters. The fourth-order valence-corrected chi connectivity index (χ4v) is 2.98. The van der Waals surface area contributed by atoms with Crippen molar-refractivity contribution in [3.63, 3.8) is 0 Å². The lowest BCUT2D eigenvalue weighted by molar-refractivity contribution is -0.133. The molecular formula is C18H31N3O5. The molecule has 4 N–H and O–H groups in total. The minimum atomic E-state index is -1.06. The molecule has 0 saturated carbocycles. The number of hydrogen-bond donors (Lipinski definition) is 4. The van der Waals surface area contributed by atoms with Gasteiger partial charge in [-0.25, -0.2) is 9.59 Å². The largest absolute Gasteiger partial charge is 0.478 e. The third-order valence-corrected chi connectivity index (χ3v) is 4.23. The molecular weight excluding hydrogens is 338 g/mol. The van der Waals surface area contributed by atoms with Gasteiger partial charge in [-0.15, -0.1) is 0 Å². The van der Waals surface area contributed by atoms with Crippen molar-refractivity contribution >= 4 is 17.9 Å². The number of nitrogens with one attached hydrogen (secondary N) is 3. The summed E-state index contributed by atoms with van der Waals surface area (Å²) in [5.74, 6) is -1.32. The van der Waals surface area contributed by atoms with E-state index in [1.807, 2.05) is 27.7 Å². The number of carbonyl (C=O) groups excluding carboxylic acids is 2. The van der Waals surface area contributed by atoms with Crippen LogP contribution in [0.1, 0.15) is 53.9 Å². The number of hydrogen-bond acceptors (Lipinski definition) is 4. The molecule has 0 bridgehead atoms. The van der Waals surface area contributed by atoms with Crippen molar-refractivity contribution < 1.29 is 24.2 Å². The lowest BCUT2D eigenvalue weighted by Gasteiger charge is -2.38. The molecule has 0 aromatic carbocycles. The molecule has 0 fully saturated rings. The molecule has 0 aromatic rings. The van der Waals surface area contributed by atoms with Crippen LogP contribution in [-0.4, -0.2) is 53.3 Å². The van der Waals surface area contributed by atoms with Crippen LogP contribution in [0.5, 0.6) is 0 Å². The van der Waals surface area contributed by atoms with E-state index in [0.717, 1.165) is 12.8 Å². The Kier molecular flexibility index (Phi) is 8.57. The van der Waals surface area contributed by atoms with E-state index < -0.39 is 30.2 Å².